The van der Waals surface area contributed by atoms with Gasteiger partial charge in [-0.15, -0.1) is 0 Å². The van der Waals surface area contributed by atoms with E-state index in [0.717, 1.165) is 12.8 Å². The smallest absolute Gasteiger partial charge is 0.264 e. The molecule has 0 aromatic heterocycles. The van der Waals surface area contributed by atoms with E-state index in [-0.39, 0.29) is 15.7 Å². The zero-order valence-corrected chi connectivity index (χ0v) is 14.8. The van der Waals surface area contributed by atoms with Crippen LogP contribution >= 0.6 is 9.90 Å². The molecule has 1 unspecified atom stereocenters. The highest BCUT2D eigenvalue weighted by Gasteiger charge is 2.02. The molecule has 118 valence electrons. The van der Waals surface area contributed by atoms with E-state index in [2.05, 4.69) is 6.92 Å². The van der Waals surface area contributed by atoms with Crippen molar-refractivity contribution < 1.29 is 13.0 Å². The third-order valence-electron chi connectivity index (χ3n) is 3.26. The number of rotatable bonds is 9. The molecule has 1 aliphatic carbocycles. The van der Waals surface area contributed by atoms with Crippen LogP contribution in [0.3, 0.4) is 0 Å². The van der Waals surface area contributed by atoms with Crippen LogP contribution in [0.4, 0.5) is 0 Å². The highest BCUT2D eigenvalue weighted by Crippen LogP contribution is 2.15. The van der Waals surface area contributed by atoms with E-state index < -0.39 is 10.1 Å². The van der Waals surface area contributed by atoms with E-state index >= 15 is 0 Å². The molecule has 0 aliphatic heterocycles. The Bertz CT molecular complexity index is 258. The summed E-state index contributed by atoms with van der Waals surface area (Å²) in [5.41, 5.74) is 0. The van der Waals surface area contributed by atoms with Gasteiger partial charge < -0.3 is 0 Å². The molecule has 19 heavy (non-hydrogen) atoms. The molecule has 1 rings (SSSR count). The van der Waals surface area contributed by atoms with Crippen molar-refractivity contribution in [1.29, 1.82) is 0 Å². The third kappa shape index (κ3) is 20.8. The molecule has 0 heterocycles. The average Bonchev–Trinajstić information content (AvgIpc) is 2.18. The van der Waals surface area contributed by atoms with Crippen molar-refractivity contribution in [2.75, 3.05) is 5.75 Å². The van der Waals surface area contributed by atoms with Gasteiger partial charge in [0, 0.05) is 0 Å². The summed E-state index contributed by atoms with van der Waals surface area (Å²) in [6, 6.07) is 0. The van der Waals surface area contributed by atoms with E-state index in [4.69, 9.17) is 4.55 Å². The van der Waals surface area contributed by atoms with Crippen LogP contribution < -0.4 is 0 Å². The first-order chi connectivity index (χ1) is 8.56. The Kier molecular flexibility index (Phi) is 16.8. The van der Waals surface area contributed by atoms with E-state index in [1.165, 1.54) is 57.8 Å². The number of hydrogen-bond acceptors (Lipinski definition) is 2. The predicted molar refractivity (Wildman–Crippen MR) is 88.6 cm³/mol. The van der Waals surface area contributed by atoms with Crippen LogP contribution in [0.5, 0.6) is 0 Å². The third-order valence-corrected chi connectivity index (χ3v) is 4.06. The maximum atomic E-state index is 10.4. The summed E-state index contributed by atoms with van der Waals surface area (Å²) < 4.78 is 29.2. The van der Waals surface area contributed by atoms with Crippen molar-refractivity contribution in [2.24, 2.45) is 0 Å². The van der Waals surface area contributed by atoms with Gasteiger partial charge in [-0.3, -0.25) is 4.55 Å². The van der Waals surface area contributed by atoms with Crippen molar-refractivity contribution in [2.45, 2.75) is 84.0 Å². The van der Waals surface area contributed by atoms with Gasteiger partial charge in [-0.2, -0.15) is 18.3 Å². The molecular formula is C14H33O3PS. The summed E-state index contributed by atoms with van der Waals surface area (Å²) in [6.07, 6.45) is 14.9. The summed E-state index contributed by atoms with van der Waals surface area (Å²) in [7, 11) is -3.73. The Balaban J connectivity index is 0. The van der Waals surface area contributed by atoms with Gasteiger partial charge in [-0.25, -0.2) is 0 Å². The summed E-state index contributed by atoms with van der Waals surface area (Å²) in [5.74, 6) is -0.0814. The maximum absolute atomic E-state index is 10.4. The highest BCUT2D eigenvalue weighted by molar-refractivity contribution is 7.85. The van der Waals surface area contributed by atoms with Gasteiger partial charge in [-0.05, 0) is 6.42 Å². The van der Waals surface area contributed by atoms with Gasteiger partial charge in [0.1, 0.15) is 0 Å². The van der Waals surface area contributed by atoms with E-state index in [1.807, 2.05) is 0 Å². The first-order valence-corrected chi connectivity index (χ1v) is 9.12. The van der Waals surface area contributed by atoms with E-state index in [1.54, 1.807) is 0 Å². The van der Waals surface area contributed by atoms with Gasteiger partial charge in [0.25, 0.3) is 10.1 Å². The average molecular weight is 312 g/mol. The topological polar surface area (TPSA) is 54.4 Å². The molecule has 1 N–H and O–H groups in total. The molecule has 0 amide bonds. The summed E-state index contributed by atoms with van der Waals surface area (Å²) in [6.45, 7) is 2.19. The van der Waals surface area contributed by atoms with Crippen LogP contribution in [0.2, 0.25) is 0 Å². The number of unbranched alkanes of at least 4 members (excludes halogenated alkanes) is 7. The minimum absolute atomic E-state index is 0. The van der Waals surface area contributed by atoms with Crippen molar-refractivity contribution in [3.63, 3.8) is 0 Å². The fourth-order valence-corrected chi connectivity index (χ4v) is 2.24. The second-order valence-corrected chi connectivity index (χ2v) is 6.75. The Hall–Kier alpha value is 0.340. The standard InChI is InChI=1S/C10H22O3S.C4H8.H3P/c1-2-3-4-5-6-7-8-9-10-14(11,12)13;1-2-4-3-1;/h2-10H2,1H3,(H,11,12,13);1-4H2;1H3. The SMILES string of the molecule is C1CCC1.CCCCCCCCCCS(=O)(=O)O.P. The molecule has 1 atom stereocenters. The molecule has 5 heteroatoms. The van der Waals surface area contributed by atoms with Crippen LogP contribution in [0.15, 0.2) is 0 Å². The second-order valence-electron chi connectivity index (χ2n) is 5.18. The van der Waals surface area contributed by atoms with Crippen molar-refractivity contribution in [3.8, 4) is 0 Å². The monoisotopic (exact) mass is 312 g/mol. The first-order valence-electron chi connectivity index (χ1n) is 7.51. The number of hydrogen-bond donors (Lipinski definition) is 1. The van der Waals surface area contributed by atoms with E-state index in [9.17, 15) is 8.42 Å². The lowest BCUT2D eigenvalue weighted by Crippen LogP contribution is -2.03. The molecule has 0 aromatic rings. The van der Waals surface area contributed by atoms with Crippen LogP contribution in [0.25, 0.3) is 0 Å². The molecule has 1 saturated carbocycles. The Labute approximate surface area is 123 Å². The maximum Gasteiger partial charge on any atom is 0.264 e. The normalized spacial score (nSPS) is 13.8. The summed E-state index contributed by atoms with van der Waals surface area (Å²) in [5, 5.41) is 0. The molecule has 1 aliphatic rings. The molecule has 0 bridgehead atoms. The van der Waals surface area contributed by atoms with Gasteiger partial charge in [-0.1, -0.05) is 77.6 Å². The molecule has 0 spiro atoms. The Morgan fingerprint density at radius 3 is 1.47 bits per heavy atom. The quantitative estimate of drug-likeness (QED) is 0.383. The second kappa shape index (κ2) is 14.7. The lowest BCUT2D eigenvalue weighted by Gasteiger charge is -2.05. The van der Waals surface area contributed by atoms with Crippen molar-refractivity contribution >= 4 is 20.0 Å². The van der Waals surface area contributed by atoms with Gasteiger partial charge in [0.2, 0.25) is 0 Å². The predicted octanol–water partition coefficient (Wildman–Crippen LogP) is 4.63. The minimum atomic E-state index is -3.73. The van der Waals surface area contributed by atoms with Crippen molar-refractivity contribution in [1.82, 2.24) is 0 Å². The molecule has 1 fully saturated rings. The van der Waals surface area contributed by atoms with E-state index in [0.29, 0.717) is 6.42 Å². The largest absolute Gasteiger partial charge is 0.286 e. The molecule has 3 nitrogen and oxygen atoms in total. The van der Waals surface area contributed by atoms with Crippen LogP contribution in [-0.4, -0.2) is 18.7 Å². The molecule has 0 aromatic carbocycles. The van der Waals surface area contributed by atoms with Gasteiger partial charge in [0.05, 0.1) is 5.75 Å². The summed E-state index contributed by atoms with van der Waals surface area (Å²) in [4.78, 5) is 0. The van der Waals surface area contributed by atoms with Gasteiger partial charge >= 0.3 is 0 Å². The Morgan fingerprint density at radius 1 is 0.789 bits per heavy atom. The lowest BCUT2D eigenvalue weighted by atomic mass is 10.0. The van der Waals surface area contributed by atoms with Gasteiger partial charge in [0.15, 0.2) is 0 Å². The molecule has 0 radical (unpaired) electrons. The fourth-order valence-electron chi connectivity index (χ4n) is 1.67. The zero-order valence-electron chi connectivity index (χ0n) is 12.6. The summed E-state index contributed by atoms with van der Waals surface area (Å²) >= 11 is 0. The minimum Gasteiger partial charge on any atom is -0.286 e. The molecular weight excluding hydrogens is 279 g/mol. The fraction of sp³-hybridized carbons (Fsp3) is 1.00. The lowest BCUT2D eigenvalue weighted by molar-refractivity contribution is 0.478. The van der Waals surface area contributed by atoms with Crippen LogP contribution in [0, 0.1) is 0 Å². The van der Waals surface area contributed by atoms with Crippen LogP contribution in [0.1, 0.15) is 84.0 Å². The Morgan fingerprint density at radius 2 is 1.16 bits per heavy atom. The van der Waals surface area contributed by atoms with Crippen molar-refractivity contribution in [3.05, 3.63) is 0 Å². The van der Waals surface area contributed by atoms with Crippen LogP contribution in [-0.2, 0) is 10.1 Å². The first kappa shape index (κ1) is 21.6. The molecule has 0 saturated heterocycles. The zero-order chi connectivity index (χ0) is 13.7. The highest BCUT2D eigenvalue weighted by atomic mass is 32.2.